The Morgan fingerprint density at radius 1 is 1.31 bits per heavy atom. The summed E-state index contributed by atoms with van der Waals surface area (Å²) in [6.07, 6.45) is 7.42. The van der Waals surface area contributed by atoms with Crippen LogP contribution >= 0.6 is 29.8 Å². The Kier molecular flexibility index (Phi) is 5.72. The van der Waals surface area contributed by atoms with Crippen molar-refractivity contribution in [1.29, 1.82) is 0 Å². The fourth-order valence-electron chi connectivity index (χ4n) is 3.07. The van der Waals surface area contributed by atoms with E-state index in [0.717, 1.165) is 59.0 Å². The molecule has 0 radical (unpaired) electrons. The fraction of sp³-hybridized carbons (Fsp3) is 0.526. The normalized spacial score (nSPS) is 16.6. The Hall–Kier alpha value is -1.03. The molecule has 0 spiro atoms. The number of aromatic nitrogens is 2. The number of fused-ring (bicyclic) bond motifs is 1. The molecule has 3 rings (SSSR count). The zero-order valence-electron chi connectivity index (χ0n) is 16.0. The van der Waals surface area contributed by atoms with Crippen LogP contribution in [0, 0.1) is 6.92 Å². The van der Waals surface area contributed by atoms with Gasteiger partial charge in [-0.15, -0.1) is 13.2 Å². The molecule has 4 nitrogen and oxygen atoms in total. The molecule has 1 atom stereocenters. The van der Waals surface area contributed by atoms with E-state index in [1.807, 2.05) is 22.4 Å². The SMILES string of the molecule is C=P(C)(C)C(C)Cc1cc(N=c2sc(=O)n3n2CCCC3)c(C)cc1Cl. The van der Waals surface area contributed by atoms with Gasteiger partial charge in [0.05, 0.1) is 5.69 Å². The molecular formula is C19H27ClN3OPS. The highest BCUT2D eigenvalue weighted by molar-refractivity contribution is 7.72. The van der Waals surface area contributed by atoms with Gasteiger partial charge in [-0.05, 0) is 79.8 Å². The first-order chi connectivity index (χ1) is 12.2. The third-order valence-electron chi connectivity index (χ3n) is 5.18. The summed E-state index contributed by atoms with van der Waals surface area (Å²) in [4.78, 5) is 17.9. The topological polar surface area (TPSA) is 39.3 Å². The third kappa shape index (κ3) is 4.11. The van der Waals surface area contributed by atoms with Crippen molar-refractivity contribution in [3.63, 3.8) is 0 Å². The molecule has 26 heavy (non-hydrogen) atoms. The molecule has 0 N–H and O–H groups in total. The third-order valence-corrected chi connectivity index (χ3v) is 8.97. The second kappa shape index (κ2) is 7.53. The van der Waals surface area contributed by atoms with Crippen molar-refractivity contribution in [2.75, 3.05) is 13.3 Å². The smallest absolute Gasteiger partial charge is 0.256 e. The maximum absolute atomic E-state index is 12.2. The first kappa shape index (κ1) is 19.7. The van der Waals surface area contributed by atoms with Crippen LogP contribution in [0.5, 0.6) is 0 Å². The van der Waals surface area contributed by atoms with Gasteiger partial charge >= 0.3 is 4.87 Å². The minimum atomic E-state index is -1.18. The van der Waals surface area contributed by atoms with E-state index in [4.69, 9.17) is 16.6 Å². The van der Waals surface area contributed by atoms with E-state index >= 15 is 0 Å². The number of nitrogens with zero attached hydrogens (tertiary/aromatic N) is 3. The van der Waals surface area contributed by atoms with Crippen LogP contribution in [-0.4, -0.2) is 34.7 Å². The number of aryl methyl sites for hydroxylation is 1. The summed E-state index contributed by atoms with van der Waals surface area (Å²) in [5.74, 6) is 0. The van der Waals surface area contributed by atoms with E-state index in [2.05, 4.69) is 32.6 Å². The van der Waals surface area contributed by atoms with Crippen molar-refractivity contribution in [2.45, 2.75) is 51.9 Å². The Labute approximate surface area is 164 Å². The Balaban J connectivity index is 2.05. The second-order valence-electron chi connectivity index (χ2n) is 7.78. The molecule has 1 unspecified atom stereocenters. The molecule has 1 aliphatic rings. The van der Waals surface area contributed by atoms with Gasteiger partial charge in [0.1, 0.15) is 0 Å². The lowest BCUT2D eigenvalue weighted by molar-refractivity contribution is 0.345. The van der Waals surface area contributed by atoms with Gasteiger partial charge in [0.25, 0.3) is 0 Å². The van der Waals surface area contributed by atoms with Crippen molar-refractivity contribution >= 4 is 41.8 Å². The van der Waals surface area contributed by atoms with E-state index in [1.165, 1.54) is 11.3 Å². The maximum Gasteiger partial charge on any atom is 0.325 e. The predicted octanol–water partition coefficient (Wildman–Crippen LogP) is 4.34. The van der Waals surface area contributed by atoms with Gasteiger partial charge in [0.2, 0.25) is 4.80 Å². The van der Waals surface area contributed by atoms with Crippen LogP contribution in [0.25, 0.3) is 0 Å². The van der Waals surface area contributed by atoms with Gasteiger partial charge in [-0.1, -0.05) is 18.5 Å². The summed E-state index contributed by atoms with van der Waals surface area (Å²) in [5, 5.41) is 0.793. The summed E-state index contributed by atoms with van der Waals surface area (Å²) < 4.78 is 3.84. The van der Waals surface area contributed by atoms with Gasteiger partial charge < -0.3 is 0 Å². The molecule has 0 fully saturated rings. The summed E-state index contributed by atoms with van der Waals surface area (Å²) >= 11 is 7.74. The van der Waals surface area contributed by atoms with Crippen LogP contribution in [0.4, 0.5) is 5.69 Å². The monoisotopic (exact) mass is 411 g/mol. The van der Waals surface area contributed by atoms with Crippen LogP contribution in [0.3, 0.4) is 0 Å². The van der Waals surface area contributed by atoms with Gasteiger partial charge in [0, 0.05) is 18.1 Å². The van der Waals surface area contributed by atoms with Crippen LogP contribution in [0.1, 0.15) is 30.9 Å². The van der Waals surface area contributed by atoms with Crippen LogP contribution in [0.2, 0.25) is 5.02 Å². The summed E-state index contributed by atoms with van der Waals surface area (Å²) in [7, 11) is 0. The van der Waals surface area contributed by atoms with E-state index in [0.29, 0.717) is 5.66 Å². The minimum absolute atomic E-state index is 0.0764. The standard InChI is InChI=1S/C19H27ClN3OPS/c1-13-10-16(20)15(11-14(2)25(3,4)5)12-17(13)21-18-22-8-6-7-9-23(22)19(24)26-18/h10,12,14H,3,6-9,11H2,1-2,4-5H3. The highest BCUT2D eigenvalue weighted by Gasteiger charge is 2.16. The molecule has 142 valence electrons. The number of halogens is 1. The van der Waals surface area contributed by atoms with E-state index in [9.17, 15) is 4.79 Å². The number of hydrogen-bond donors (Lipinski definition) is 0. The number of rotatable bonds is 4. The largest absolute Gasteiger partial charge is 0.325 e. The van der Waals surface area contributed by atoms with Gasteiger partial charge in [0.15, 0.2) is 0 Å². The molecular weight excluding hydrogens is 385 g/mol. The highest BCUT2D eigenvalue weighted by atomic mass is 35.5. The Morgan fingerprint density at radius 3 is 2.62 bits per heavy atom. The molecule has 0 aliphatic carbocycles. The zero-order valence-corrected chi connectivity index (χ0v) is 18.4. The zero-order chi connectivity index (χ0) is 19.1. The molecule has 2 aromatic rings. The Morgan fingerprint density at radius 2 is 1.96 bits per heavy atom. The number of benzene rings is 1. The highest BCUT2D eigenvalue weighted by Crippen LogP contribution is 2.44. The fourth-order valence-corrected chi connectivity index (χ4v) is 4.94. The second-order valence-corrected chi connectivity index (χ2v) is 13.5. The van der Waals surface area contributed by atoms with Gasteiger partial charge in [-0.2, -0.15) is 0 Å². The molecule has 7 heteroatoms. The molecule has 1 aromatic carbocycles. The number of hydrogen-bond acceptors (Lipinski definition) is 3. The molecule has 1 aromatic heterocycles. The molecule has 0 saturated carbocycles. The Bertz CT molecular complexity index is 995. The van der Waals surface area contributed by atoms with Crippen LogP contribution in [-0.2, 0) is 19.5 Å². The summed E-state index contributed by atoms with van der Waals surface area (Å²) in [6.45, 7) is 9.24. The van der Waals surface area contributed by atoms with Gasteiger partial charge in [-0.25, -0.2) is 9.67 Å². The van der Waals surface area contributed by atoms with E-state index in [-0.39, 0.29) is 4.87 Å². The molecule has 0 saturated heterocycles. The lowest BCUT2D eigenvalue weighted by Crippen LogP contribution is -2.31. The quantitative estimate of drug-likeness (QED) is 0.690. The van der Waals surface area contributed by atoms with Crippen molar-refractivity contribution in [3.8, 4) is 0 Å². The molecule has 0 amide bonds. The lowest BCUT2D eigenvalue weighted by Gasteiger charge is -2.23. The van der Waals surface area contributed by atoms with Crippen molar-refractivity contribution in [3.05, 3.63) is 42.8 Å². The van der Waals surface area contributed by atoms with Gasteiger partial charge in [-0.3, -0.25) is 9.48 Å². The average Bonchev–Trinajstić information content (AvgIpc) is 2.87. The summed E-state index contributed by atoms with van der Waals surface area (Å²) in [6, 6.07) is 4.08. The summed E-state index contributed by atoms with van der Waals surface area (Å²) in [5.41, 5.74) is 3.56. The van der Waals surface area contributed by atoms with Crippen molar-refractivity contribution in [1.82, 2.24) is 9.36 Å². The molecule has 2 heterocycles. The van der Waals surface area contributed by atoms with E-state index < -0.39 is 6.89 Å². The van der Waals surface area contributed by atoms with E-state index in [1.54, 1.807) is 0 Å². The predicted molar refractivity (Wildman–Crippen MR) is 116 cm³/mol. The van der Waals surface area contributed by atoms with Crippen LogP contribution in [0.15, 0.2) is 21.9 Å². The van der Waals surface area contributed by atoms with Crippen molar-refractivity contribution in [2.24, 2.45) is 4.99 Å². The lowest BCUT2D eigenvalue weighted by atomic mass is 10.1. The molecule has 1 aliphatic heterocycles. The first-order valence-electron chi connectivity index (χ1n) is 8.99. The first-order valence-corrected chi connectivity index (χ1v) is 13.1. The van der Waals surface area contributed by atoms with Crippen LogP contribution < -0.4 is 9.67 Å². The minimum Gasteiger partial charge on any atom is -0.256 e. The average molecular weight is 412 g/mol. The maximum atomic E-state index is 12.2. The molecule has 0 bridgehead atoms. The van der Waals surface area contributed by atoms with Crippen molar-refractivity contribution < 1.29 is 0 Å².